The Morgan fingerprint density at radius 1 is 1.20 bits per heavy atom. The molecule has 0 unspecified atom stereocenters. The second-order valence-corrected chi connectivity index (χ2v) is 5.16. The van der Waals surface area contributed by atoms with Crippen molar-refractivity contribution in [3.8, 4) is 5.75 Å². The van der Waals surface area contributed by atoms with Gasteiger partial charge in [0.2, 0.25) is 0 Å². The zero-order valence-electron chi connectivity index (χ0n) is 11.4. The first-order chi connectivity index (χ1) is 9.69. The molecule has 4 heteroatoms. The van der Waals surface area contributed by atoms with Crippen molar-refractivity contribution in [2.24, 2.45) is 5.92 Å². The lowest BCUT2D eigenvalue weighted by molar-refractivity contribution is -0.0498. The Bertz CT molecular complexity index is 434. The van der Waals surface area contributed by atoms with Crippen LogP contribution in [0.25, 0.3) is 6.08 Å². The number of aliphatic hydroxyl groups is 1. The van der Waals surface area contributed by atoms with Crippen LogP contribution in [-0.2, 0) is 0 Å². The number of benzene rings is 1. The third-order valence-electron chi connectivity index (χ3n) is 3.77. The van der Waals surface area contributed by atoms with Gasteiger partial charge in [-0.3, -0.25) is 0 Å². The molecule has 1 fully saturated rings. The molecule has 1 aliphatic carbocycles. The summed E-state index contributed by atoms with van der Waals surface area (Å²) < 4.78 is 28.4. The molecule has 2 nitrogen and oxygen atoms in total. The maximum absolute atomic E-state index is 12.1. The third kappa shape index (κ3) is 4.30. The normalized spacial score (nSPS) is 17.5. The molecule has 20 heavy (non-hydrogen) atoms. The molecule has 0 spiro atoms. The predicted octanol–water partition coefficient (Wildman–Crippen LogP) is 4.24. The Kier molecular flexibility index (Phi) is 5.53. The molecule has 0 aliphatic heterocycles. The van der Waals surface area contributed by atoms with Gasteiger partial charge in [0.15, 0.2) is 0 Å². The van der Waals surface area contributed by atoms with E-state index < -0.39 is 6.61 Å². The number of aliphatic hydroxyl groups excluding tert-OH is 1. The largest absolute Gasteiger partial charge is 0.435 e. The predicted molar refractivity (Wildman–Crippen MR) is 74.7 cm³/mol. The summed E-state index contributed by atoms with van der Waals surface area (Å²) in [5.74, 6) is 0.603. The molecular formula is C16H20F2O2. The highest BCUT2D eigenvalue weighted by atomic mass is 19.3. The quantitative estimate of drug-likeness (QED) is 0.875. The Hall–Kier alpha value is -1.42. The van der Waals surface area contributed by atoms with Crippen LogP contribution in [-0.4, -0.2) is 18.3 Å². The summed E-state index contributed by atoms with van der Waals surface area (Å²) in [6, 6.07) is 6.51. The Morgan fingerprint density at radius 3 is 2.40 bits per heavy atom. The Labute approximate surface area is 118 Å². The molecular weight excluding hydrogens is 262 g/mol. The summed E-state index contributed by atoms with van der Waals surface area (Å²) >= 11 is 0. The standard InChI is InChI=1S/C16H20F2O2/c17-16(18)20-15-8-6-12(7-9-15)10-14(11-19)13-4-2-1-3-5-13/h6-10,13,16,19H,1-5,11H2/b14-10-. The summed E-state index contributed by atoms with van der Waals surface area (Å²) in [4.78, 5) is 0. The van der Waals surface area contributed by atoms with Gasteiger partial charge in [0.05, 0.1) is 6.61 Å². The van der Waals surface area contributed by atoms with Crippen molar-refractivity contribution in [1.82, 2.24) is 0 Å². The van der Waals surface area contributed by atoms with Crippen LogP contribution in [0.3, 0.4) is 0 Å². The van der Waals surface area contributed by atoms with E-state index in [4.69, 9.17) is 0 Å². The number of alkyl halides is 2. The molecule has 0 heterocycles. The molecule has 0 bridgehead atoms. The van der Waals surface area contributed by atoms with Crippen molar-refractivity contribution in [2.75, 3.05) is 6.61 Å². The van der Waals surface area contributed by atoms with E-state index in [1.165, 1.54) is 31.4 Å². The van der Waals surface area contributed by atoms with E-state index >= 15 is 0 Å². The van der Waals surface area contributed by atoms with Gasteiger partial charge in [0.1, 0.15) is 5.75 Å². The topological polar surface area (TPSA) is 29.5 Å². The highest BCUT2D eigenvalue weighted by Gasteiger charge is 2.17. The average molecular weight is 282 g/mol. The van der Waals surface area contributed by atoms with E-state index in [1.807, 2.05) is 6.08 Å². The van der Waals surface area contributed by atoms with Gasteiger partial charge in [-0.2, -0.15) is 8.78 Å². The van der Waals surface area contributed by atoms with Crippen molar-refractivity contribution in [3.05, 3.63) is 35.4 Å². The van der Waals surface area contributed by atoms with Gasteiger partial charge < -0.3 is 9.84 Å². The second kappa shape index (κ2) is 7.39. The lowest BCUT2D eigenvalue weighted by atomic mass is 9.83. The smallest absolute Gasteiger partial charge is 0.387 e. The van der Waals surface area contributed by atoms with Crippen LogP contribution in [0.4, 0.5) is 8.78 Å². The van der Waals surface area contributed by atoms with Crippen molar-refractivity contribution in [1.29, 1.82) is 0 Å². The van der Waals surface area contributed by atoms with Gasteiger partial charge >= 0.3 is 6.61 Å². The lowest BCUT2D eigenvalue weighted by Crippen LogP contribution is -2.11. The molecule has 0 radical (unpaired) electrons. The van der Waals surface area contributed by atoms with Crippen LogP contribution >= 0.6 is 0 Å². The van der Waals surface area contributed by atoms with Crippen LogP contribution in [0.2, 0.25) is 0 Å². The van der Waals surface area contributed by atoms with Gasteiger partial charge in [-0.05, 0) is 42.0 Å². The van der Waals surface area contributed by atoms with E-state index in [0.717, 1.165) is 24.0 Å². The molecule has 0 saturated heterocycles. The fourth-order valence-corrected chi connectivity index (χ4v) is 2.73. The van der Waals surface area contributed by atoms with Gasteiger partial charge in [0, 0.05) is 0 Å². The van der Waals surface area contributed by atoms with E-state index in [1.54, 1.807) is 12.1 Å². The maximum atomic E-state index is 12.1. The van der Waals surface area contributed by atoms with Crippen LogP contribution in [0.1, 0.15) is 37.7 Å². The zero-order valence-corrected chi connectivity index (χ0v) is 11.4. The Balaban J connectivity index is 2.06. The second-order valence-electron chi connectivity index (χ2n) is 5.16. The zero-order chi connectivity index (χ0) is 14.4. The van der Waals surface area contributed by atoms with Gasteiger partial charge in [-0.1, -0.05) is 37.5 Å². The third-order valence-corrected chi connectivity index (χ3v) is 3.77. The lowest BCUT2D eigenvalue weighted by Gasteiger charge is -2.23. The fourth-order valence-electron chi connectivity index (χ4n) is 2.73. The molecule has 110 valence electrons. The molecule has 0 atom stereocenters. The number of hydrogen-bond donors (Lipinski definition) is 1. The first-order valence-corrected chi connectivity index (χ1v) is 7.05. The number of halogens is 2. The van der Waals surface area contributed by atoms with Crippen LogP contribution in [0.15, 0.2) is 29.8 Å². The summed E-state index contributed by atoms with van der Waals surface area (Å²) in [6.45, 7) is -2.74. The van der Waals surface area contributed by atoms with Crippen molar-refractivity contribution >= 4 is 6.08 Å². The molecule has 1 aromatic carbocycles. The first kappa shape index (κ1) is 15.0. The maximum Gasteiger partial charge on any atom is 0.387 e. The van der Waals surface area contributed by atoms with Crippen LogP contribution < -0.4 is 4.74 Å². The van der Waals surface area contributed by atoms with Crippen LogP contribution in [0, 0.1) is 5.92 Å². The van der Waals surface area contributed by atoms with E-state index in [9.17, 15) is 13.9 Å². The van der Waals surface area contributed by atoms with Crippen molar-refractivity contribution < 1.29 is 18.6 Å². The molecule has 0 aromatic heterocycles. The molecule has 0 amide bonds. The van der Waals surface area contributed by atoms with Crippen molar-refractivity contribution in [2.45, 2.75) is 38.7 Å². The van der Waals surface area contributed by atoms with Gasteiger partial charge in [-0.15, -0.1) is 0 Å². The van der Waals surface area contributed by atoms with E-state index in [0.29, 0.717) is 5.92 Å². The SMILES string of the molecule is OC/C(=C/c1ccc(OC(F)F)cc1)C1CCCCC1. The summed E-state index contributed by atoms with van der Waals surface area (Å²) in [7, 11) is 0. The minimum absolute atomic E-state index is 0.0555. The highest BCUT2D eigenvalue weighted by molar-refractivity contribution is 5.54. The van der Waals surface area contributed by atoms with Crippen LogP contribution in [0.5, 0.6) is 5.75 Å². The summed E-state index contributed by atoms with van der Waals surface area (Å²) in [6.07, 6.45) is 7.90. The summed E-state index contributed by atoms with van der Waals surface area (Å²) in [5, 5.41) is 9.52. The molecule has 1 aliphatic rings. The highest BCUT2D eigenvalue weighted by Crippen LogP contribution is 2.30. The molecule has 1 saturated carbocycles. The van der Waals surface area contributed by atoms with E-state index in [2.05, 4.69) is 4.74 Å². The van der Waals surface area contributed by atoms with Crippen molar-refractivity contribution in [3.63, 3.8) is 0 Å². The number of hydrogen-bond acceptors (Lipinski definition) is 2. The minimum atomic E-state index is -2.80. The molecule has 1 N–H and O–H groups in total. The van der Waals surface area contributed by atoms with Gasteiger partial charge in [0.25, 0.3) is 0 Å². The van der Waals surface area contributed by atoms with E-state index in [-0.39, 0.29) is 12.4 Å². The summed E-state index contributed by atoms with van der Waals surface area (Å²) in [5.41, 5.74) is 1.94. The number of ether oxygens (including phenoxy) is 1. The average Bonchev–Trinajstić information content (AvgIpc) is 2.47. The molecule has 2 rings (SSSR count). The number of rotatable bonds is 5. The Morgan fingerprint density at radius 2 is 1.85 bits per heavy atom. The first-order valence-electron chi connectivity index (χ1n) is 7.05. The molecule has 1 aromatic rings. The van der Waals surface area contributed by atoms with Gasteiger partial charge in [-0.25, -0.2) is 0 Å². The monoisotopic (exact) mass is 282 g/mol. The minimum Gasteiger partial charge on any atom is -0.435 e. The fraction of sp³-hybridized carbons (Fsp3) is 0.500.